The van der Waals surface area contributed by atoms with Gasteiger partial charge in [0.15, 0.2) is 0 Å². The topological polar surface area (TPSA) is 37.3 Å². The number of benzene rings is 1. The predicted molar refractivity (Wildman–Crippen MR) is 64.5 cm³/mol. The van der Waals surface area contributed by atoms with Crippen molar-refractivity contribution in [2.75, 3.05) is 0 Å². The quantitative estimate of drug-likeness (QED) is 0.869. The summed E-state index contributed by atoms with van der Waals surface area (Å²) in [6.07, 6.45) is 1.81. The molecule has 76 valence electrons. The van der Waals surface area contributed by atoms with E-state index in [2.05, 4.69) is 35.6 Å². The van der Waals surface area contributed by atoms with Crippen LogP contribution in [0.1, 0.15) is 24.5 Å². The number of carboxylic acid groups (broad SMARTS) is 1. The zero-order valence-corrected chi connectivity index (χ0v) is 10.2. The molecule has 1 rings (SSSR count). The number of hydrogen-bond acceptors (Lipinski definition) is 1. The maximum atomic E-state index is 10.4. The van der Waals surface area contributed by atoms with Crippen molar-refractivity contribution in [1.82, 2.24) is 0 Å². The number of hydrogen-bond donors (Lipinski definition) is 1. The monoisotopic (exact) mass is 304 g/mol. The first-order chi connectivity index (χ1) is 6.63. The Hall–Kier alpha value is -0.580. The van der Waals surface area contributed by atoms with E-state index in [9.17, 15) is 4.79 Å². The third-order valence-electron chi connectivity index (χ3n) is 2.16. The molecule has 0 spiro atoms. The lowest BCUT2D eigenvalue weighted by Crippen LogP contribution is -2.00. The van der Waals surface area contributed by atoms with E-state index < -0.39 is 5.97 Å². The Morgan fingerprint density at radius 2 is 2.14 bits per heavy atom. The van der Waals surface area contributed by atoms with Crippen molar-refractivity contribution in [3.05, 3.63) is 32.9 Å². The number of rotatable bonds is 4. The molecule has 0 aliphatic rings. The molecule has 0 bridgehead atoms. The highest BCUT2D eigenvalue weighted by atomic mass is 127. The highest BCUT2D eigenvalue weighted by Gasteiger charge is 2.04. The fraction of sp³-hybridized carbons (Fsp3) is 0.364. The van der Waals surface area contributed by atoms with Crippen molar-refractivity contribution >= 4 is 28.6 Å². The molecule has 1 aromatic carbocycles. The Kier molecular flexibility index (Phi) is 4.38. The van der Waals surface area contributed by atoms with Crippen molar-refractivity contribution in [1.29, 1.82) is 0 Å². The molecule has 1 aromatic rings. The van der Waals surface area contributed by atoms with E-state index in [-0.39, 0.29) is 6.42 Å². The van der Waals surface area contributed by atoms with E-state index in [0.29, 0.717) is 6.42 Å². The van der Waals surface area contributed by atoms with Gasteiger partial charge in [0.05, 0.1) is 0 Å². The van der Waals surface area contributed by atoms with Crippen LogP contribution in [0.15, 0.2) is 18.2 Å². The van der Waals surface area contributed by atoms with Gasteiger partial charge in [-0.2, -0.15) is 0 Å². The maximum absolute atomic E-state index is 10.4. The Bertz CT molecular complexity index is 334. The number of carboxylic acids is 1. The third-order valence-corrected chi connectivity index (χ3v) is 2.83. The average Bonchev–Trinajstić information content (AvgIpc) is 2.15. The van der Waals surface area contributed by atoms with E-state index >= 15 is 0 Å². The number of aryl methyl sites for hydroxylation is 2. The summed E-state index contributed by atoms with van der Waals surface area (Å²) in [5, 5.41) is 8.59. The van der Waals surface area contributed by atoms with Crippen LogP contribution >= 0.6 is 22.6 Å². The SMILES string of the molecule is CCc1cc(I)ccc1CCC(=O)O. The minimum absolute atomic E-state index is 0.216. The summed E-state index contributed by atoms with van der Waals surface area (Å²) in [6.45, 7) is 2.09. The number of carbonyl (C=O) groups is 1. The van der Waals surface area contributed by atoms with Crippen molar-refractivity contribution in [2.24, 2.45) is 0 Å². The zero-order valence-electron chi connectivity index (χ0n) is 8.09. The van der Waals surface area contributed by atoms with E-state index in [4.69, 9.17) is 5.11 Å². The zero-order chi connectivity index (χ0) is 10.6. The van der Waals surface area contributed by atoms with Gasteiger partial charge in [-0.15, -0.1) is 0 Å². The van der Waals surface area contributed by atoms with Crippen LogP contribution < -0.4 is 0 Å². The summed E-state index contributed by atoms with van der Waals surface area (Å²) in [4.78, 5) is 10.4. The van der Waals surface area contributed by atoms with E-state index in [1.54, 1.807) is 0 Å². The van der Waals surface area contributed by atoms with Crippen LogP contribution in [0.3, 0.4) is 0 Å². The fourth-order valence-electron chi connectivity index (χ4n) is 1.41. The van der Waals surface area contributed by atoms with Crippen LogP contribution in [0.5, 0.6) is 0 Å². The predicted octanol–water partition coefficient (Wildman–Crippen LogP) is 2.87. The molecule has 0 radical (unpaired) electrons. The van der Waals surface area contributed by atoms with Crippen molar-refractivity contribution < 1.29 is 9.90 Å². The molecule has 14 heavy (non-hydrogen) atoms. The fourth-order valence-corrected chi connectivity index (χ4v) is 1.96. The highest BCUT2D eigenvalue weighted by Crippen LogP contribution is 2.16. The van der Waals surface area contributed by atoms with Gasteiger partial charge in [-0.1, -0.05) is 13.0 Å². The second-order valence-corrected chi connectivity index (χ2v) is 4.41. The van der Waals surface area contributed by atoms with Crippen LogP contribution in [-0.4, -0.2) is 11.1 Å². The average molecular weight is 304 g/mol. The van der Waals surface area contributed by atoms with Gasteiger partial charge in [0.1, 0.15) is 0 Å². The summed E-state index contributed by atoms with van der Waals surface area (Å²) in [7, 11) is 0. The molecule has 0 amide bonds. The molecule has 0 heterocycles. The minimum atomic E-state index is -0.731. The molecular formula is C11H13IO2. The lowest BCUT2D eigenvalue weighted by Gasteiger charge is -2.06. The summed E-state index contributed by atoms with van der Waals surface area (Å²) in [5.74, 6) is -0.731. The molecule has 0 aliphatic carbocycles. The van der Waals surface area contributed by atoms with Crippen LogP contribution in [0.2, 0.25) is 0 Å². The molecule has 0 saturated heterocycles. The first kappa shape index (κ1) is 11.5. The van der Waals surface area contributed by atoms with E-state index in [0.717, 1.165) is 12.0 Å². The number of aliphatic carboxylic acids is 1. The first-order valence-electron chi connectivity index (χ1n) is 4.62. The van der Waals surface area contributed by atoms with E-state index in [1.807, 2.05) is 12.1 Å². The molecule has 0 unspecified atom stereocenters. The molecule has 0 aromatic heterocycles. The van der Waals surface area contributed by atoms with Gasteiger partial charge >= 0.3 is 5.97 Å². The van der Waals surface area contributed by atoms with Gasteiger partial charge < -0.3 is 5.11 Å². The van der Waals surface area contributed by atoms with Crippen LogP contribution in [0.25, 0.3) is 0 Å². The molecule has 1 N–H and O–H groups in total. The maximum Gasteiger partial charge on any atom is 0.303 e. The van der Waals surface area contributed by atoms with Crippen LogP contribution in [0, 0.1) is 3.57 Å². The Labute approximate surface area is 97.5 Å². The van der Waals surface area contributed by atoms with Crippen molar-refractivity contribution in [3.63, 3.8) is 0 Å². The first-order valence-corrected chi connectivity index (χ1v) is 5.70. The number of halogens is 1. The Morgan fingerprint density at radius 3 is 2.71 bits per heavy atom. The molecule has 2 nitrogen and oxygen atoms in total. The largest absolute Gasteiger partial charge is 0.481 e. The van der Waals surface area contributed by atoms with Crippen LogP contribution in [0.4, 0.5) is 0 Å². The van der Waals surface area contributed by atoms with E-state index in [1.165, 1.54) is 9.13 Å². The highest BCUT2D eigenvalue weighted by molar-refractivity contribution is 14.1. The Morgan fingerprint density at radius 1 is 1.43 bits per heavy atom. The minimum Gasteiger partial charge on any atom is -0.481 e. The molecule has 0 atom stereocenters. The van der Waals surface area contributed by atoms with Gasteiger partial charge in [-0.05, 0) is 58.7 Å². The second kappa shape index (κ2) is 5.34. The van der Waals surface area contributed by atoms with Gasteiger partial charge in [0.2, 0.25) is 0 Å². The van der Waals surface area contributed by atoms with Crippen molar-refractivity contribution in [2.45, 2.75) is 26.2 Å². The molecule has 0 saturated carbocycles. The lowest BCUT2D eigenvalue weighted by atomic mass is 10.0. The summed E-state index contributed by atoms with van der Waals surface area (Å²) >= 11 is 2.27. The van der Waals surface area contributed by atoms with Gasteiger partial charge in [0.25, 0.3) is 0 Å². The third kappa shape index (κ3) is 3.29. The van der Waals surface area contributed by atoms with Crippen LogP contribution in [-0.2, 0) is 17.6 Å². The molecule has 3 heteroatoms. The summed E-state index contributed by atoms with van der Waals surface area (Å²) in [6, 6.07) is 6.18. The standard InChI is InChI=1S/C11H13IO2/c1-2-8-7-10(12)5-3-9(8)4-6-11(13)14/h3,5,7H,2,4,6H2,1H3,(H,13,14). The van der Waals surface area contributed by atoms with Gasteiger partial charge in [-0.3, -0.25) is 4.79 Å². The molecule has 0 fully saturated rings. The second-order valence-electron chi connectivity index (χ2n) is 3.16. The molecule has 0 aliphatic heterocycles. The summed E-state index contributed by atoms with van der Waals surface area (Å²) < 4.78 is 1.21. The van der Waals surface area contributed by atoms with Gasteiger partial charge in [0, 0.05) is 9.99 Å². The Balaban J connectivity index is 2.80. The van der Waals surface area contributed by atoms with Crippen molar-refractivity contribution in [3.8, 4) is 0 Å². The smallest absolute Gasteiger partial charge is 0.303 e. The normalized spacial score (nSPS) is 10.1. The van der Waals surface area contributed by atoms with Gasteiger partial charge in [-0.25, -0.2) is 0 Å². The lowest BCUT2D eigenvalue weighted by molar-refractivity contribution is -0.136. The summed E-state index contributed by atoms with van der Waals surface area (Å²) in [5.41, 5.74) is 2.42. The molecular weight excluding hydrogens is 291 g/mol.